The van der Waals surface area contributed by atoms with E-state index in [1.807, 2.05) is 70.5 Å². The molecule has 1 N–H and O–H groups in total. The number of unbranched alkanes of at least 4 members (excludes halogenated alkanes) is 4. The van der Waals surface area contributed by atoms with E-state index in [0.29, 0.717) is 50.5 Å². The zero-order valence-corrected chi connectivity index (χ0v) is 35.5. The summed E-state index contributed by atoms with van der Waals surface area (Å²) < 4.78 is 68.6. The molecule has 4 aliphatic rings. The Hall–Kier alpha value is -3.73. The molecule has 1 aromatic heterocycles. The zero-order chi connectivity index (χ0) is 41.6. The number of pyridine rings is 1. The zero-order valence-electron chi connectivity index (χ0n) is 33.1. The fraction of sp³-hybridized carbons (Fsp3) is 0.512. The van der Waals surface area contributed by atoms with Crippen molar-refractivity contribution in [2.45, 2.75) is 91.0 Å². The first-order chi connectivity index (χ1) is 26.8. The number of fused-ring (bicyclic) bond motifs is 2. The summed E-state index contributed by atoms with van der Waals surface area (Å²) in [6, 6.07) is 4.00. The third-order valence-electron chi connectivity index (χ3n) is 10.9. The summed E-state index contributed by atoms with van der Waals surface area (Å²) in [5.41, 5.74) is 4.78. The molecular formula is C41H53ClN5O8S2-. The molecule has 0 atom stereocenters. The molecule has 0 radical (unpaired) electrons. The van der Waals surface area contributed by atoms with Gasteiger partial charge in [0.25, 0.3) is 0 Å². The van der Waals surface area contributed by atoms with Crippen LogP contribution in [0, 0.1) is 5.41 Å². The molecule has 0 saturated carbocycles. The maximum atomic E-state index is 11.1. The van der Waals surface area contributed by atoms with Crippen LogP contribution in [0.15, 0.2) is 98.4 Å². The highest BCUT2D eigenvalue weighted by molar-refractivity contribution is 7.85. The summed E-state index contributed by atoms with van der Waals surface area (Å²) in [7, 11) is -8.53. The Morgan fingerprint density at radius 3 is 2.32 bits per heavy atom. The van der Waals surface area contributed by atoms with Gasteiger partial charge in [0.05, 0.1) is 49.7 Å². The van der Waals surface area contributed by atoms with E-state index in [1.54, 1.807) is 0 Å². The summed E-state index contributed by atoms with van der Waals surface area (Å²) >= 11 is 7.21. The van der Waals surface area contributed by atoms with Gasteiger partial charge in [0.15, 0.2) is 5.71 Å². The van der Waals surface area contributed by atoms with Gasteiger partial charge in [-0.15, -0.1) is 0 Å². The van der Waals surface area contributed by atoms with E-state index < -0.39 is 48.5 Å². The maximum Gasteiger partial charge on any atom is 0.327 e. The van der Waals surface area contributed by atoms with Gasteiger partial charge in [-0.1, -0.05) is 50.1 Å². The summed E-state index contributed by atoms with van der Waals surface area (Å²) in [6.07, 6.45) is 19.9. The van der Waals surface area contributed by atoms with Gasteiger partial charge < -0.3 is 19.1 Å². The van der Waals surface area contributed by atoms with E-state index in [1.165, 1.54) is 0 Å². The quantitative estimate of drug-likeness (QED) is 0.0984. The molecule has 0 aromatic carbocycles. The Kier molecular flexibility index (Phi) is 14.4. The largest absolute Gasteiger partial charge is 0.748 e. The topological polar surface area (TPSA) is 187 Å². The monoisotopic (exact) mass is 842 g/mol. The van der Waals surface area contributed by atoms with Gasteiger partial charge >= 0.3 is 11.8 Å². The molecule has 1 aromatic rings. The molecule has 5 heterocycles. The number of aryl methyl sites for hydroxylation is 1. The molecule has 0 bridgehead atoms. The second kappa shape index (κ2) is 18.5. The summed E-state index contributed by atoms with van der Waals surface area (Å²) in [5.74, 6) is 0.0161. The number of aliphatic carboxylic acids is 1. The van der Waals surface area contributed by atoms with Gasteiger partial charge in [0, 0.05) is 59.8 Å². The number of hydrogen-bond acceptors (Lipinski definition) is 11. The number of halogens is 1. The maximum absolute atomic E-state index is 11.1. The number of carbonyl (C=O) groups is 1. The van der Waals surface area contributed by atoms with E-state index in [0.717, 1.165) is 64.7 Å². The molecule has 16 heteroatoms. The van der Waals surface area contributed by atoms with Gasteiger partial charge in [0.1, 0.15) is 5.84 Å². The lowest BCUT2D eigenvalue weighted by molar-refractivity contribution is -0.684. The lowest BCUT2D eigenvalue weighted by atomic mass is 9.81. The van der Waals surface area contributed by atoms with Crippen molar-refractivity contribution in [3.8, 4) is 0 Å². The summed E-state index contributed by atoms with van der Waals surface area (Å²) in [4.78, 5) is 25.5. The van der Waals surface area contributed by atoms with Crippen molar-refractivity contribution in [3.05, 3.63) is 94.0 Å². The van der Waals surface area contributed by atoms with Gasteiger partial charge in [-0.05, 0) is 105 Å². The fourth-order valence-electron chi connectivity index (χ4n) is 7.51. The first kappa shape index (κ1) is 44.4. The van der Waals surface area contributed by atoms with E-state index in [2.05, 4.69) is 32.6 Å². The van der Waals surface area contributed by atoms with Crippen molar-refractivity contribution in [1.29, 1.82) is 0 Å². The van der Waals surface area contributed by atoms with Crippen LogP contribution in [0.5, 0.6) is 0 Å². The van der Waals surface area contributed by atoms with Crippen LogP contribution in [-0.4, -0.2) is 96.0 Å². The average Bonchev–Trinajstić information content (AvgIpc) is 3.54. The molecule has 13 nitrogen and oxygen atoms in total. The minimum absolute atomic E-state index is 0.143. The molecule has 0 saturated heterocycles. The van der Waals surface area contributed by atoms with Crippen LogP contribution in [-0.2, 0) is 37.0 Å². The van der Waals surface area contributed by atoms with Crippen molar-refractivity contribution in [1.82, 2.24) is 9.80 Å². The molecule has 310 valence electrons. The molecule has 4 aliphatic heterocycles. The minimum Gasteiger partial charge on any atom is -0.748 e. The number of amidine groups is 1. The first-order valence-electron chi connectivity index (χ1n) is 19.4. The molecule has 5 rings (SSSR count). The number of aliphatic imine (C=N–C) groups is 2. The van der Waals surface area contributed by atoms with E-state index >= 15 is 0 Å². The average molecular weight is 843 g/mol. The molecule has 57 heavy (non-hydrogen) atoms. The highest BCUT2D eigenvalue weighted by atomic mass is 35.5. The second-order valence-electron chi connectivity index (χ2n) is 16.0. The molecule has 0 fully saturated rings. The Balaban J connectivity index is 1.40. The minimum atomic E-state index is -4.26. The predicted octanol–water partition coefficient (Wildman–Crippen LogP) is 6.00. The van der Waals surface area contributed by atoms with Crippen LogP contribution < -0.4 is 4.57 Å². The van der Waals surface area contributed by atoms with E-state index in [9.17, 15) is 30.7 Å². The van der Waals surface area contributed by atoms with Crippen LogP contribution in [0.2, 0.25) is 0 Å². The number of carboxylic acid groups (broad SMARTS) is 1. The van der Waals surface area contributed by atoms with Gasteiger partial charge in [-0.3, -0.25) is 9.69 Å². The van der Waals surface area contributed by atoms with Crippen LogP contribution in [0.1, 0.15) is 84.6 Å². The van der Waals surface area contributed by atoms with Crippen molar-refractivity contribution in [2.75, 3.05) is 37.7 Å². The fourth-order valence-corrected chi connectivity index (χ4v) is 8.87. The van der Waals surface area contributed by atoms with Crippen molar-refractivity contribution < 1.29 is 40.4 Å². The van der Waals surface area contributed by atoms with Crippen molar-refractivity contribution in [3.63, 3.8) is 0 Å². The van der Waals surface area contributed by atoms with Crippen LogP contribution in [0.4, 0.5) is 5.82 Å². The highest BCUT2D eigenvalue weighted by Gasteiger charge is 2.42. The van der Waals surface area contributed by atoms with Crippen molar-refractivity contribution >= 4 is 55.2 Å². The molecule has 0 unspecified atom stereocenters. The molecule has 0 aliphatic carbocycles. The van der Waals surface area contributed by atoms with E-state index in [-0.39, 0.29) is 19.3 Å². The summed E-state index contributed by atoms with van der Waals surface area (Å²) in [5, 5.41) is 9.73. The second-order valence-corrected chi connectivity index (χ2v) is 19.4. The Morgan fingerprint density at radius 2 is 1.61 bits per heavy atom. The van der Waals surface area contributed by atoms with Crippen molar-refractivity contribution in [2.24, 2.45) is 15.4 Å². The first-order valence-corrected chi connectivity index (χ1v) is 23.0. The Labute approximate surface area is 342 Å². The SMILES string of the molecule is CC1(C)C2=CC=CN(CCCCS(=O)(=O)[O-])C2=N/C1=C/C=C1\CN(CCCCCC(=O)O)CC(/C=C/C2=Nc3c(ccc[n+]3CCCCS(=O)(=O)[O-])C2(C)C)=C1Cl. The molecular weight excluding hydrogens is 790 g/mol. The normalized spacial score (nSPS) is 20.7. The van der Waals surface area contributed by atoms with Crippen LogP contribution in [0.3, 0.4) is 0 Å². The third kappa shape index (κ3) is 11.7. The standard InChI is InChI=1S/C41H54ClN5O8S2/c1-40(2)32-14-12-24-46(22-8-10-26-56(50,51)52)38(32)43-34(40)19-17-30-28-45(21-7-5-6-16-36(48)49)29-31(37(30)42)18-20-35-41(3,4)33-15-13-25-47(39(33)44-35)23-9-11-27-57(53,54)55/h12-15,17-20,24-25H,5-11,16,21-23,26-29H2,1-4H3,(H2-,48,49,50,51,52,53,54,55)/p-1. The summed E-state index contributed by atoms with van der Waals surface area (Å²) in [6.45, 7) is 11.5. The Bertz CT molecular complexity index is 2200. The molecule has 0 amide bonds. The predicted molar refractivity (Wildman–Crippen MR) is 220 cm³/mol. The van der Waals surface area contributed by atoms with Crippen LogP contribution in [0.25, 0.3) is 0 Å². The third-order valence-corrected chi connectivity index (χ3v) is 12.9. The number of aromatic nitrogens is 1. The number of rotatable bonds is 19. The smallest absolute Gasteiger partial charge is 0.327 e. The van der Waals surface area contributed by atoms with Gasteiger partial charge in [-0.2, -0.15) is 0 Å². The molecule has 0 spiro atoms. The van der Waals surface area contributed by atoms with Gasteiger partial charge in [0.2, 0.25) is 0 Å². The number of nitrogens with zero attached hydrogens (tertiary/aromatic N) is 5. The van der Waals surface area contributed by atoms with E-state index in [4.69, 9.17) is 26.7 Å². The lowest BCUT2D eigenvalue weighted by Gasteiger charge is -2.30. The lowest BCUT2D eigenvalue weighted by Crippen LogP contribution is -2.35. The number of hydrogen-bond donors (Lipinski definition) is 1. The van der Waals surface area contributed by atoms with Gasteiger partial charge in [-0.25, -0.2) is 26.4 Å². The Morgan fingerprint density at radius 1 is 0.912 bits per heavy atom. The van der Waals surface area contributed by atoms with Crippen LogP contribution >= 0.6 is 11.6 Å². The number of allylic oxidation sites excluding steroid dienone is 6. The highest BCUT2D eigenvalue weighted by Crippen LogP contribution is 2.44. The number of carboxylic acids is 1.